The molecule has 0 aliphatic carbocycles. The van der Waals surface area contributed by atoms with Gasteiger partial charge in [0.05, 0.1) is 6.54 Å². The van der Waals surface area contributed by atoms with Gasteiger partial charge in [0.1, 0.15) is 11.5 Å². The van der Waals surface area contributed by atoms with Crippen molar-refractivity contribution in [3.8, 4) is 5.75 Å². The van der Waals surface area contributed by atoms with Gasteiger partial charge in [0.2, 0.25) is 8.32 Å². The fourth-order valence-corrected chi connectivity index (χ4v) is 3.06. The molecule has 1 aliphatic heterocycles. The van der Waals surface area contributed by atoms with Gasteiger partial charge in [-0.15, -0.1) is 0 Å². The molecule has 0 aromatic heterocycles. The Morgan fingerprint density at radius 2 is 1.91 bits per heavy atom. The van der Waals surface area contributed by atoms with E-state index in [2.05, 4.69) is 32.3 Å². The first-order chi connectivity index (χ1) is 10.3. The van der Waals surface area contributed by atoms with E-state index in [-0.39, 0.29) is 6.09 Å². The van der Waals surface area contributed by atoms with E-state index in [0.29, 0.717) is 24.6 Å². The second kappa shape index (κ2) is 6.83. The number of para-hydroxylation sites is 1. The molecule has 118 valence electrons. The largest absolute Gasteiger partial charge is 0.544 e. The number of amides is 1. The van der Waals surface area contributed by atoms with Crippen molar-refractivity contribution < 1.29 is 14.0 Å². The average Bonchev–Trinajstić information content (AvgIpc) is 2.46. The summed E-state index contributed by atoms with van der Waals surface area (Å²) in [4.78, 5) is 13.9. The fourth-order valence-electron chi connectivity index (χ4n) is 2.19. The Hall–Kier alpha value is -2.01. The van der Waals surface area contributed by atoms with Crippen molar-refractivity contribution in [1.82, 2.24) is 4.90 Å². The molecular weight excluding hydrogens is 294 g/mol. The molecule has 1 heterocycles. The monoisotopic (exact) mass is 317 g/mol. The van der Waals surface area contributed by atoms with E-state index in [0.717, 1.165) is 12.0 Å². The van der Waals surface area contributed by atoms with Crippen molar-refractivity contribution in [3.63, 3.8) is 0 Å². The molecule has 0 atom stereocenters. The molecule has 2 rings (SSSR count). The van der Waals surface area contributed by atoms with Crippen LogP contribution in [0.1, 0.15) is 6.42 Å². The lowest BCUT2D eigenvalue weighted by atomic mass is 10.1. The standard InChI is InChI=1S/C17H23NO3Si/c1-14(21-22(2,3)4)15-9-8-12-18(13-15)17(19)20-16-10-6-5-7-11-16/h5-7,9-11H,1,8,12-13H2,2-4H3. The van der Waals surface area contributed by atoms with E-state index in [4.69, 9.17) is 9.16 Å². The minimum absolute atomic E-state index is 0.336. The van der Waals surface area contributed by atoms with Gasteiger partial charge in [0.15, 0.2) is 0 Å². The van der Waals surface area contributed by atoms with Crippen molar-refractivity contribution in [3.05, 3.63) is 54.3 Å². The normalized spacial score (nSPS) is 15.0. The molecule has 0 spiro atoms. The molecule has 4 nitrogen and oxygen atoms in total. The first-order valence-electron chi connectivity index (χ1n) is 7.44. The second-order valence-corrected chi connectivity index (χ2v) is 10.7. The molecule has 0 N–H and O–H groups in total. The topological polar surface area (TPSA) is 38.8 Å². The van der Waals surface area contributed by atoms with Gasteiger partial charge in [-0.25, -0.2) is 4.79 Å². The van der Waals surface area contributed by atoms with Crippen molar-refractivity contribution in [2.45, 2.75) is 26.1 Å². The molecule has 1 aromatic carbocycles. The molecule has 1 aromatic rings. The quantitative estimate of drug-likeness (QED) is 0.617. The Bertz CT molecular complexity index is 575. The van der Waals surface area contributed by atoms with Crippen molar-refractivity contribution >= 4 is 14.4 Å². The lowest BCUT2D eigenvalue weighted by molar-refractivity contribution is 0.154. The van der Waals surface area contributed by atoms with E-state index in [1.165, 1.54) is 0 Å². The van der Waals surface area contributed by atoms with Gasteiger partial charge in [-0.2, -0.15) is 0 Å². The SMILES string of the molecule is C=C(O[Si](C)(C)C)C1=CCCN(C(=O)Oc2ccccc2)C1. The average molecular weight is 317 g/mol. The zero-order valence-electron chi connectivity index (χ0n) is 13.5. The van der Waals surface area contributed by atoms with Crippen molar-refractivity contribution in [2.24, 2.45) is 0 Å². The van der Waals surface area contributed by atoms with Gasteiger partial charge in [0, 0.05) is 12.1 Å². The predicted octanol–water partition coefficient (Wildman–Crippen LogP) is 4.18. The summed E-state index contributed by atoms with van der Waals surface area (Å²) < 4.78 is 11.3. The van der Waals surface area contributed by atoms with Crippen LogP contribution in [-0.2, 0) is 4.43 Å². The van der Waals surface area contributed by atoms with Crippen LogP contribution < -0.4 is 4.74 Å². The third kappa shape index (κ3) is 4.77. The van der Waals surface area contributed by atoms with Gasteiger partial charge in [0.25, 0.3) is 0 Å². The Morgan fingerprint density at radius 1 is 1.23 bits per heavy atom. The lowest BCUT2D eigenvalue weighted by Crippen LogP contribution is -2.38. The van der Waals surface area contributed by atoms with Crippen molar-refractivity contribution in [2.75, 3.05) is 13.1 Å². The molecular formula is C17H23NO3Si. The number of ether oxygens (including phenoxy) is 1. The number of rotatable bonds is 4. The summed E-state index contributed by atoms with van der Waals surface area (Å²) in [6.45, 7) is 11.5. The van der Waals surface area contributed by atoms with Crippen LogP contribution in [0.2, 0.25) is 19.6 Å². The van der Waals surface area contributed by atoms with Gasteiger partial charge in [-0.05, 0) is 38.2 Å². The Kier molecular flexibility index (Phi) is 5.08. The van der Waals surface area contributed by atoms with Crippen LogP contribution in [0.5, 0.6) is 5.75 Å². The van der Waals surface area contributed by atoms with Gasteiger partial charge in [-0.3, -0.25) is 0 Å². The maximum atomic E-state index is 12.2. The lowest BCUT2D eigenvalue weighted by Gasteiger charge is -2.29. The van der Waals surface area contributed by atoms with E-state index < -0.39 is 8.32 Å². The summed E-state index contributed by atoms with van der Waals surface area (Å²) in [6.07, 6.45) is 2.54. The smallest absolute Gasteiger partial charge is 0.415 e. The van der Waals surface area contributed by atoms with Crippen molar-refractivity contribution in [1.29, 1.82) is 0 Å². The molecule has 0 unspecified atom stereocenters. The Morgan fingerprint density at radius 3 is 2.55 bits per heavy atom. The van der Waals surface area contributed by atoms with Crippen LogP contribution in [0.4, 0.5) is 4.79 Å². The Labute approximate surface area is 133 Å². The number of carbonyl (C=O) groups is 1. The zero-order chi connectivity index (χ0) is 16.2. The highest BCUT2D eigenvalue weighted by atomic mass is 28.4. The summed E-state index contributed by atoms with van der Waals surface area (Å²) in [5.74, 6) is 1.23. The molecule has 0 saturated carbocycles. The first-order valence-corrected chi connectivity index (χ1v) is 10.8. The molecule has 1 aliphatic rings. The van der Waals surface area contributed by atoms with E-state index >= 15 is 0 Å². The molecule has 5 heteroatoms. The highest BCUT2D eigenvalue weighted by molar-refractivity contribution is 6.70. The first kappa shape index (κ1) is 16.4. The molecule has 0 saturated heterocycles. The third-order valence-electron chi connectivity index (χ3n) is 3.15. The minimum atomic E-state index is -1.69. The number of nitrogens with zero attached hydrogens (tertiary/aromatic N) is 1. The van der Waals surface area contributed by atoms with Crippen LogP contribution in [0, 0.1) is 0 Å². The van der Waals surface area contributed by atoms with Gasteiger partial charge < -0.3 is 14.1 Å². The van der Waals surface area contributed by atoms with E-state index in [1.54, 1.807) is 17.0 Å². The molecule has 0 radical (unpaired) electrons. The van der Waals surface area contributed by atoms with Crippen LogP contribution in [-0.4, -0.2) is 32.4 Å². The van der Waals surface area contributed by atoms with Gasteiger partial charge in [-0.1, -0.05) is 30.9 Å². The number of carbonyl (C=O) groups excluding carboxylic acids is 1. The van der Waals surface area contributed by atoms with Crippen LogP contribution in [0.3, 0.4) is 0 Å². The number of benzene rings is 1. The summed E-state index contributed by atoms with van der Waals surface area (Å²) in [5.41, 5.74) is 0.971. The van der Waals surface area contributed by atoms with Gasteiger partial charge >= 0.3 is 6.09 Å². The number of hydrogen-bond donors (Lipinski definition) is 0. The fraction of sp³-hybridized carbons (Fsp3) is 0.353. The summed E-state index contributed by atoms with van der Waals surface area (Å²) >= 11 is 0. The maximum Gasteiger partial charge on any atom is 0.415 e. The zero-order valence-corrected chi connectivity index (χ0v) is 14.5. The maximum absolute atomic E-state index is 12.2. The summed E-state index contributed by atoms with van der Waals surface area (Å²) in [7, 11) is -1.69. The predicted molar refractivity (Wildman–Crippen MR) is 90.3 cm³/mol. The van der Waals surface area contributed by atoms with Crippen LogP contribution in [0.15, 0.2) is 54.3 Å². The second-order valence-electron chi connectivity index (χ2n) is 6.26. The summed E-state index contributed by atoms with van der Waals surface area (Å²) in [6, 6.07) is 9.11. The molecule has 22 heavy (non-hydrogen) atoms. The van der Waals surface area contributed by atoms with E-state index in [9.17, 15) is 4.79 Å². The van der Waals surface area contributed by atoms with Crippen LogP contribution >= 0.6 is 0 Å². The molecule has 0 fully saturated rings. The summed E-state index contributed by atoms with van der Waals surface area (Å²) in [5, 5.41) is 0. The number of hydrogen-bond acceptors (Lipinski definition) is 3. The minimum Gasteiger partial charge on any atom is -0.544 e. The Balaban J connectivity index is 1.96. The highest BCUT2D eigenvalue weighted by Gasteiger charge is 2.24. The molecule has 0 bridgehead atoms. The third-order valence-corrected chi connectivity index (χ3v) is 4.00. The van der Waals surface area contributed by atoms with Crippen LogP contribution in [0.25, 0.3) is 0 Å². The van der Waals surface area contributed by atoms with E-state index in [1.807, 2.05) is 18.2 Å². The molecule has 1 amide bonds. The highest BCUT2D eigenvalue weighted by Crippen LogP contribution is 2.22.